The van der Waals surface area contributed by atoms with Crippen molar-refractivity contribution in [3.63, 3.8) is 0 Å². The number of nitrogens with zero attached hydrogens (tertiary/aromatic N) is 4. The first-order valence-electron chi connectivity index (χ1n) is 21.3. The normalized spacial score (nSPS) is 12.6. The van der Waals surface area contributed by atoms with Gasteiger partial charge < -0.3 is 14.1 Å². The minimum Gasteiger partial charge on any atom is -0.351 e. The molecule has 58 heavy (non-hydrogen) atoms. The monoisotopic (exact) mass is 954 g/mol. The molecule has 0 aliphatic heterocycles. The van der Waals surface area contributed by atoms with Gasteiger partial charge in [-0.25, -0.2) is 0 Å². The fraction of sp³-hybridized carbons (Fsp3) is 0.192. The summed E-state index contributed by atoms with van der Waals surface area (Å²) in [4.78, 5) is 9.71. The molecule has 0 bridgehead atoms. The van der Waals surface area contributed by atoms with E-state index in [2.05, 4.69) is 189 Å². The second kappa shape index (κ2) is 16.8. The van der Waals surface area contributed by atoms with E-state index < -0.39 is 14.9 Å². The van der Waals surface area contributed by atoms with Crippen LogP contribution in [0.1, 0.15) is 60.3 Å². The summed E-state index contributed by atoms with van der Waals surface area (Å²) in [7, 11) is -1.34. The molecule has 293 valence electrons. The number of benzene rings is 6. The fourth-order valence-electron chi connectivity index (χ4n) is 7.68. The van der Waals surface area contributed by atoms with Crippen LogP contribution >= 0.6 is 0 Å². The Balaban J connectivity index is 0.000000226. The summed E-state index contributed by atoms with van der Waals surface area (Å²) < 4.78 is 26.8. The molecule has 0 N–H and O–H groups in total. The molecule has 1 radical (unpaired) electrons. The van der Waals surface area contributed by atoms with Crippen molar-refractivity contribution in [2.75, 3.05) is 0 Å². The number of aryl methyl sites for hydroxylation is 1. The number of rotatable bonds is 7. The number of para-hydroxylation sites is 5. The van der Waals surface area contributed by atoms with E-state index in [0.717, 1.165) is 44.9 Å². The maximum absolute atomic E-state index is 7.35. The van der Waals surface area contributed by atoms with E-state index in [1.807, 2.05) is 12.3 Å². The van der Waals surface area contributed by atoms with Crippen LogP contribution in [0.15, 0.2) is 146 Å². The smallest absolute Gasteiger partial charge is 0.0795 e. The summed E-state index contributed by atoms with van der Waals surface area (Å²) in [5, 5.41) is 3.73. The van der Waals surface area contributed by atoms with Gasteiger partial charge in [0.15, 0.2) is 0 Å². The van der Waals surface area contributed by atoms with Crippen LogP contribution in [0.2, 0.25) is 19.6 Å². The predicted octanol–water partition coefficient (Wildman–Crippen LogP) is 13.2. The van der Waals surface area contributed by atoms with Crippen molar-refractivity contribution in [1.82, 2.24) is 19.1 Å². The Morgan fingerprint density at radius 3 is 1.93 bits per heavy atom. The van der Waals surface area contributed by atoms with Gasteiger partial charge in [-0.1, -0.05) is 138 Å². The van der Waals surface area contributed by atoms with Gasteiger partial charge in [-0.2, -0.15) is 0 Å². The van der Waals surface area contributed by atoms with Crippen LogP contribution in [0.25, 0.3) is 66.9 Å². The molecule has 3 aromatic heterocycles. The maximum Gasteiger partial charge on any atom is 0.0795 e. The molecule has 0 aliphatic carbocycles. The third-order valence-corrected chi connectivity index (χ3v) is 12.7. The number of hydrogen-bond acceptors (Lipinski definition) is 2. The first-order valence-corrected chi connectivity index (χ1v) is 23.3. The topological polar surface area (TPSA) is 35.6 Å². The van der Waals surface area contributed by atoms with Crippen LogP contribution in [-0.2, 0) is 20.1 Å². The summed E-state index contributed by atoms with van der Waals surface area (Å²) in [6.07, 6.45) is 1.92. The molecule has 0 atom stereocenters. The zero-order valence-corrected chi connectivity index (χ0v) is 37.5. The largest absolute Gasteiger partial charge is 0.351 e. The fourth-order valence-corrected chi connectivity index (χ4v) is 8.71. The van der Waals surface area contributed by atoms with E-state index in [1.54, 1.807) is 12.1 Å². The van der Waals surface area contributed by atoms with Gasteiger partial charge in [-0.3, -0.25) is 4.98 Å². The van der Waals surface area contributed by atoms with Gasteiger partial charge in [-0.15, -0.1) is 59.2 Å². The molecule has 6 aromatic carbocycles. The van der Waals surface area contributed by atoms with Crippen LogP contribution in [0.5, 0.6) is 0 Å². The van der Waals surface area contributed by atoms with Crippen LogP contribution in [-0.4, -0.2) is 27.2 Å². The van der Waals surface area contributed by atoms with Crippen molar-refractivity contribution in [3.8, 4) is 34.0 Å². The Labute approximate surface area is 362 Å². The first kappa shape index (κ1) is 36.9. The van der Waals surface area contributed by atoms with E-state index in [-0.39, 0.29) is 20.1 Å². The third-order valence-electron chi connectivity index (χ3n) is 10.7. The van der Waals surface area contributed by atoms with Crippen LogP contribution < -0.4 is 5.19 Å². The molecule has 3 heterocycles. The third kappa shape index (κ3) is 7.89. The molecule has 0 spiro atoms. The van der Waals surface area contributed by atoms with Crippen molar-refractivity contribution in [1.29, 1.82) is 0 Å². The van der Waals surface area contributed by atoms with E-state index >= 15 is 0 Å². The molecule has 0 unspecified atom stereocenters. The number of fused-ring (bicyclic) bond motifs is 4. The second-order valence-electron chi connectivity index (χ2n) is 16.4. The standard InChI is InChI=1S/C37H32N3.C15H18NSi.Ir/c1-24(2)28-16-12-17-29(25(3)4)36(28)40-35-20-11-9-18-32(35)38-37(40)26-21-22-34-31(23-26)30-15-8-10-19-33(30)39(34)27-13-6-5-7-14-27;1-12-5-7-13(8-6-12)15-10-9-14(11-16-15)17(2,3)4;/h5-20,22-25H,1-4H3;5-7,9-11H,1-4H3;/q2*-1;/i;1D3;. The minimum absolute atomic E-state index is 0. The average Bonchev–Trinajstić information content (AvgIpc) is 3.79. The SMILES string of the molecule is CC(C)c1cccc(C(C)C)c1-n1c(-c2[c-]cc3c(c2)c2ccccc2n3-c2ccccc2)nc2ccccc21.[2H]C([2H])([2H])c1c[c-]c(-c2ccc([Si](C)(C)C)cn2)cc1.[Ir]. The van der Waals surface area contributed by atoms with Gasteiger partial charge in [-0.05, 0) is 75.1 Å². The molecule has 0 fully saturated rings. The van der Waals surface area contributed by atoms with E-state index in [9.17, 15) is 0 Å². The summed E-state index contributed by atoms with van der Waals surface area (Å²) in [6, 6.07) is 54.5. The van der Waals surface area contributed by atoms with Gasteiger partial charge in [0.05, 0.1) is 24.9 Å². The van der Waals surface area contributed by atoms with Crippen LogP contribution in [0.4, 0.5) is 0 Å². The molecule has 0 aliphatic rings. The van der Waals surface area contributed by atoms with Crippen molar-refractivity contribution in [3.05, 3.63) is 175 Å². The molecule has 6 heteroatoms. The van der Waals surface area contributed by atoms with Crippen molar-refractivity contribution in [2.45, 2.75) is 66.0 Å². The van der Waals surface area contributed by atoms with Gasteiger partial charge in [0.1, 0.15) is 0 Å². The zero-order valence-electron chi connectivity index (χ0n) is 37.1. The number of hydrogen-bond donors (Lipinski definition) is 0. The van der Waals surface area contributed by atoms with E-state index in [1.165, 1.54) is 44.4 Å². The predicted molar refractivity (Wildman–Crippen MR) is 244 cm³/mol. The van der Waals surface area contributed by atoms with Crippen molar-refractivity contribution >= 4 is 46.1 Å². The first-order chi connectivity index (χ1) is 28.7. The molecular formula is C52H50IrN4Si-2. The summed E-state index contributed by atoms with van der Waals surface area (Å²) >= 11 is 0. The van der Waals surface area contributed by atoms with Gasteiger partial charge in [0.2, 0.25) is 0 Å². The molecule has 0 saturated heterocycles. The summed E-state index contributed by atoms with van der Waals surface area (Å²) in [5.74, 6) is 1.67. The molecule has 0 saturated carbocycles. The molecule has 4 nitrogen and oxygen atoms in total. The van der Waals surface area contributed by atoms with Gasteiger partial charge in [0, 0.05) is 47.3 Å². The number of pyridine rings is 1. The van der Waals surface area contributed by atoms with Crippen molar-refractivity contribution < 1.29 is 24.2 Å². The van der Waals surface area contributed by atoms with Gasteiger partial charge >= 0.3 is 0 Å². The zero-order chi connectivity index (χ0) is 42.3. The van der Waals surface area contributed by atoms with Crippen molar-refractivity contribution in [2.24, 2.45) is 0 Å². The number of imidazole rings is 1. The maximum atomic E-state index is 7.35. The van der Waals surface area contributed by atoms with E-state index in [4.69, 9.17) is 9.10 Å². The molecule has 9 rings (SSSR count). The Bertz CT molecular complexity index is 2860. The summed E-state index contributed by atoms with van der Waals surface area (Å²) in [6.45, 7) is 13.9. The second-order valence-corrected chi connectivity index (χ2v) is 21.4. The molecule has 0 amide bonds. The quantitative estimate of drug-likeness (QED) is 0.118. The Morgan fingerprint density at radius 1 is 0.621 bits per heavy atom. The Kier molecular flexibility index (Phi) is 10.7. The van der Waals surface area contributed by atoms with E-state index in [0.29, 0.717) is 17.4 Å². The number of aromatic nitrogens is 4. The average molecular weight is 954 g/mol. The molecule has 9 aromatic rings. The Morgan fingerprint density at radius 2 is 1.29 bits per heavy atom. The van der Waals surface area contributed by atoms with Crippen LogP contribution in [0, 0.1) is 19.0 Å². The minimum atomic E-state index is -2.08. The van der Waals surface area contributed by atoms with Gasteiger partial charge in [0.25, 0.3) is 0 Å². The molecular weight excluding hydrogens is 901 g/mol. The summed E-state index contributed by atoms with van der Waals surface area (Å²) in [5.41, 5.74) is 12.4. The Hall–Kier alpha value is -5.39. The van der Waals surface area contributed by atoms with Crippen LogP contribution in [0.3, 0.4) is 0 Å².